The molecule has 1 N–H and O–H groups in total. The molecule has 2 amide bonds. The Hall–Kier alpha value is -0.730. The van der Waals surface area contributed by atoms with Gasteiger partial charge >= 0.3 is 6.03 Å². The fraction of sp³-hybridized carbons (Fsp3) is 0.909. The van der Waals surface area contributed by atoms with E-state index in [-0.39, 0.29) is 6.03 Å². The molecule has 0 aliphatic heterocycles. The second-order valence-corrected chi connectivity index (χ2v) is 4.75. The van der Waals surface area contributed by atoms with Crippen molar-refractivity contribution in [2.24, 2.45) is 11.8 Å². The Bertz CT molecular complexity index is 229. The van der Waals surface area contributed by atoms with Crippen LogP contribution < -0.4 is 5.32 Å². The van der Waals surface area contributed by atoms with Crippen molar-refractivity contribution in [3.05, 3.63) is 0 Å². The average molecular weight is 196 g/mol. The molecule has 3 nitrogen and oxygen atoms in total. The van der Waals surface area contributed by atoms with E-state index < -0.39 is 0 Å². The topological polar surface area (TPSA) is 32.3 Å². The Labute approximate surface area is 85.8 Å². The summed E-state index contributed by atoms with van der Waals surface area (Å²) in [5.74, 6) is 1.67. The molecule has 2 rings (SSSR count). The largest absolute Gasteiger partial charge is 0.335 e. The summed E-state index contributed by atoms with van der Waals surface area (Å²) in [5, 5.41) is 3.15. The minimum absolute atomic E-state index is 0.102. The third-order valence-electron chi connectivity index (χ3n) is 3.87. The number of hydrogen-bond donors (Lipinski definition) is 1. The first kappa shape index (κ1) is 9.81. The number of carbonyl (C=O) groups is 1. The standard InChI is InChI=1S/C11H20N2O/c1-3-13(2)11(14)12-10-7-8-4-5-9(10)6-8/h8-10H,3-7H2,1-2H3,(H,12,14). The van der Waals surface area contributed by atoms with E-state index in [4.69, 9.17) is 0 Å². The second kappa shape index (κ2) is 3.79. The smallest absolute Gasteiger partial charge is 0.317 e. The molecule has 0 saturated heterocycles. The predicted molar refractivity (Wildman–Crippen MR) is 56.1 cm³/mol. The van der Waals surface area contributed by atoms with Gasteiger partial charge < -0.3 is 10.2 Å². The summed E-state index contributed by atoms with van der Waals surface area (Å²) in [6, 6.07) is 0.570. The second-order valence-electron chi connectivity index (χ2n) is 4.75. The molecule has 0 aromatic carbocycles. The summed E-state index contributed by atoms with van der Waals surface area (Å²) < 4.78 is 0. The number of rotatable bonds is 2. The molecule has 2 aliphatic carbocycles. The first-order chi connectivity index (χ1) is 6.70. The van der Waals surface area contributed by atoms with Crippen LogP contribution in [0.1, 0.15) is 32.6 Å². The SMILES string of the molecule is CCN(C)C(=O)NC1CC2CCC1C2. The molecule has 80 valence electrons. The van der Waals surface area contributed by atoms with Crippen molar-refractivity contribution in [3.8, 4) is 0 Å². The predicted octanol–water partition coefficient (Wildman–Crippen LogP) is 1.84. The van der Waals surface area contributed by atoms with Gasteiger partial charge in [-0.05, 0) is 38.0 Å². The highest BCUT2D eigenvalue weighted by Crippen LogP contribution is 2.44. The zero-order chi connectivity index (χ0) is 10.1. The number of urea groups is 1. The highest BCUT2D eigenvalue weighted by molar-refractivity contribution is 5.74. The van der Waals surface area contributed by atoms with Gasteiger partial charge in [-0.15, -0.1) is 0 Å². The van der Waals surface area contributed by atoms with Crippen molar-refractivity contribution in [1.82, 2.24) is 10.2 Å². The van der Waals surface area contributed by atoms with E-state index in [1.54, 1.807) is 4.90 Å². The zero-order valence-corrected chi connectivity index (χ0v) is 9.12. The van der Waals surface area contributed by atoms with Crippen molar-refractivity contribution in [3.63, 3.8) is 0 Å². The van der Waals surface area contributed by atoms with Crippen LogP contribution in [-0.4, -0.2) is 30.6 Å². The van der Waals surface area contributed by atoms with Crippen molar-refractivity contribution in [2.75, 3.05) is 13.6 Å². The highest BCUT2D eigenvalue weighted by atomic mass is 16.2. The van der Waals surface area contributed by atoms with Crippen molar-refractivity contribution < 1.29 is 4.79 Å². The van der Waals surface area contributed by atoms with E-state index in [0.29, 0.717) is 6.04 Å². The van der Waals surface area contributed by atoms with Crippen LogP contribution in [0.15, 0.2) is 0 Å². The van der Waals surface area contributed by atoms with Gasteiger partial charge in [0.2, 0.25) is 0 Å². The lowest BCUT2D eigenvalue weighted by Crippen LogP contribution is -2.45. The zero-order valence-electron chi connectivity index (χ0n) is 9.12. The summed E-state index contributed by atoms with van der Waals surface area (Å²) in [5.41, 5.74) is 0. The minimum Gasteiger partial charge on any atom is -0.335 e. The lowest BCUT2D eigenvalue weighted by molar-refractivity contribution is 0.201. The Kier molecular flexibility index (Phi) is 2.66. The molecule has 0 aromatic rings. The molecule has 3 atom stereocenters. The maximum absolute atomic E-state index is 11.6. The Morgan fingerprint density at radius 1 is 1.43 bits per heavy atom. The van der Waals surface area contributed by atoms with E-state index in [1.807, 2.05) is 14.0 Å². The monoisotopic (exact) mass is 196 g/mol. The molecule has 0 heterocycles. The lowest BCUT2D eigenvalue weighted by Gasteiger charge is -2.25. The van der Waals surface area contributed by atoms with Crippen LogP contribution >= 0.6 is 0 Å². The van der Waals surface area contributed by atoms with Crippen molar-refractivity contribution in [2.45, 2.75) is 38.6 Å². The third kappa shape index (κ3) is 1.72. The number of nitrogens with one attached hydrogen (secondary N) is 1. The van der Waals surface area contributed by atoms with E-state index in [0.717, 1.165) is 18.4 Å². The Balaban J connectivity index is 1.84. The normalized spacial score (nSPS) is 34.6. The minimum atomic E-state index is 0.102. The molecule has 2 fully saturated rings. The van der Waals surface area contributed by atoms with Crippen molar-refractivity contribution >= 4 is 6.03 Å². The molecular weight excluding hydrogens is 176 g/mol. The fourth-order valence-corrected chi connectivity index (χ4v) is 2.83. The molecule has 14 heavy (non-hydrogen) atoms. The van der Waals surface area contributed by atoms with Gasteiger partial charge in [0.1, 0.15) is 0 Å². The van der Waals surface area contributed by atoms with Crippen LogP contribution in [0, 0.1) is 11.8 Å². The number of amides is 2. The van der Waals surface area contributed by atoms with Gasteiger partial charge in [-0.25, -0.2) is 4.79 Å². The Morgan fingerprint density at radius 3 is 2.71 bits per heavy atom. The first-order valence-corrected chi connectivity index (χ1v) is 5.72. The molecule has 2 aliphatic rings. The van der Waals surface area contributed by atoms with E-state index in [1.165, 1.54) is 25.7 Å². The Morgan fingerprint density at radius 2 is 2.21 bits per heavy atom. The quantitative estimate of drug-likeness (QED) is 0.718. The third-order valence-corrected chi connectivity index (χ3v) is 3.87. The van der Waals surface area contributed by atoms with Gasteiger partial charge in [0.05, 0.1) is 0 Å². The van der Waals surface area contributed by atoms with E-state index >= 15 is 0 Å². The maximum atomic E-state index is 11.6. The van der Waals surface area contributed by atoms with Gasteiger partial charge in [-0.1, -0.05) is 6.42 Å². The van der Waals surface area contributed by atoms with Gasteiger partial charge in [-0.2, -0.15) is 0 Å². The summed E-state index contributed by atoms with van der Waals surface area (Å²) in [6.45, 7) is 2.78. The van der Waals surface area contributed by atoms with Crippen LogP contribution in [0.3, 0.4) is 0 Å². The number of hydrogen-bond acceptors (Lipinski definition) is 1. The van der Waals surface area contributed by atoms with Crippen LogP contribution in [0.2, 0.25) is 0 Å². The van der Waals surface area contributed by atoms with Crippen LogP contribution in [0.4, 0.5) is 4.79 Å². The fourth-order valence-electron chi connectivity index (χ4n) is 2.83. The number of carbonyl (C=O) groups excluding carboxylic acids is 1. The van der Waals surface area contributed by atoms with Gasteiger partial charge in [-0.3, -0.25) is 0 Å². The van der Waals surface area contributed by atoms with E-state index in [2.05, 4.69) is 5.32 Å². The molecule has 3 unspecified atom stereocenters. The summed E-state index contributed by atoms with van der Waals surface area (Å²) in [4.78, 5) is 13.4. The van der Waals surface area contributed by atoms with Crippen LogP contribution in [0.25, 0.3) is 0 Å². The molecule has 3 heteroatoms. The first-order valence-electron chi connectivity index (χ1n) is 5.72. The highest BCUT2D eigenvalue weighted by Gasteiger charge is 2.40. The lowest BCUT2D eigenvalue weighted by atomic mass is 9.95. The average Bonchev–Trinajstić information content (AvgIpc) is 2.77. The van der Waals surface area contributed by atoms with Gasteiger partial charge in [0.15, 0.2) is 0 Å². The van der Waals surface area contributed by atoms with Crippen LogP contribution in [0.5, 0.6) is 0 Å². The molecular formula is C11H20N2O. The molecule has 2 bridgehead atoms. The molecule has 0 aromatic heterocycles. The number of nitrogens with zero attached hydrogens (tertiary/aromatic N) is 1. The van der Waals surface area contributed by atoms with Gasteiger partial charge in [0, 0.05) is 19.6 Å². The summed E-state index contributed by atoms with van der Waals surface area (Å²) in [7, 11) is 1.85. The van der Waals surface area contributed by atoms with E-state index in [9.17, 15) is 4.79 Å². The summed E-state index contributed by atoms with van der Waals surface area (Å²) >= 11 is 0. The van der Waals surface area contributed by atoms with Crippen molar-refractivity contribution in [1.29, 1.82) is 0 Å². The molecule has 2 saturated carbocycles. The number of fused-ring (bicyclic) bond motifs is 2. The van der Waals surface area contributed by atoms with Crippen LogP contribution in [-0.2, 0) is 0 Å². The molecule has 0 radical (unpaired) electrons. The maximum Gasteiger partial charge on any atom is 0.317 e. The summed E-state index contributed by atoms with van der Waals surface area (Å²) in [6.07, 6.45) is 5.28. The molecule has 0 spiro atoms. The van der Waals surface area contributed by atoms with Gasteiger partial charge in [0.25, 0.3) is 0 Å².